The van der Waals surface area contributed by atoms with E-state index in [4.69, 9.17) is 23.2 Å². The maximum atomic E-state index is 12.9. The standard InChI is InChI=1S/C17H18Cl2N4O4S/c1-3-22(4-2)28(26,27)17-10-13(23(24)25)6-8-16(17)21-20-11-12-5-7-14(18)15(19)9-12/h5-11,21H,3-4H2,1-2H3/b20-11+. The Morgan fingerprint density at radius 1 is 1.14 bits per heavy atom. The molecule has 0 aromatic heterocycles. The summed E-state index contributed by atoms with van der Waals surface area (Å²) in [5.74, 6) is 0. The Morgan fingerprint density at radius 2 is 1.82 bits per heavy atom. The third kappa shape index (κ3) is 4.99. The summed E-state index contributed by atoms with van der Waals surface area (Å²) in [6.45, 7) is 3.84. The molecule has 0 fully saturated rings. The van der Waals surface area contributed by atoms with Gasteiger partial charge in [-0.15, -0.1) is 0 Å². The van der Waals surface area contributed by atoms with Gasteiger partial charge in [0.05, 0.1) is 26.9 Å². The highest BCUT2D eigenvalue weighted by Gasteiger charge is 2.27. The maximum absolute atomic E-state index is 12.9. The number of halogens is 2. The molecule has 2 aromatic carbocycles. The molecule has 0 unspecified atom stereocenters. The number of nitro groups is 1. The smallest absolute Gasteiger partial charge is 0.270 e. The van der Waals surface area contributed by atoms with Crippen LogP contribution in [0.15, 0.2) is 46.4 Å². The van der Waals surface area contributed by atoms with Gasteiger partial charge in [-0.3, -0.25) is 15.5 Å². The molecule has 0 spiro atoms. The molecule has 0 aliphatic heterocycles. The van der Waals surface area contributed by atoms with E-state index in [0.717, 1.165) is 6.07 Å². The van der Waals surface area contributed by atoms with Crippen LogP contribution in [0.5, 0.6) is 0 Å². The van der Waals surface area contributed by atoms with E-state index in [9.17, 15) is 18.5 Å². The molecule has 28 heavy (non-hydrogen) atoms. The fraction of sp³-hybridized carbons (Fsp3) is 0.235. The zero-order chi connectivity index (χ0) is 20.9. The minimum absolute atomic E-state index is 0.119. The molecular formula is C17H18Cl2N4O4S. The second-order valence-electron chi connectivity index (χ2n) is 5.57. The first-order valence-corrected chi connectivity index (χ1v) is 10.4. The molecule has 0 heterocycles. The minimum atomic E-state index is -3.94. The van der Waals surface area contributed by atoms with Crippen molar-refractivity contribution in [3.63, 3.8) is 0 Å². The molecule has 0 atom stereocenters. The quantitative estimate of drug-likeness (QED) is 0.369. The highest BCUT2D eigenvalue weighted by atomic mass is 35.5. The molecule has 0 saturated carbocycles. The largest absolute Gasteiger partial charge is 0.277 e. The molecule has 0 saturated heterocycles. The first-order valence-electron chi connectivity index (χ1n) is 8.23. The van der Waals surface area contributed by atoms with Gasteiger partial charge >= 0.3 is 0 Å². The van der Waals surface area contributed by atoms with Crippen molar-refractivity contribution in [2.45, 2.75) is 18.7 Å². The monoisotopic (exact) mass is 444 g/mol. The van der Waals surface area contributed by atoms with Crippen LogP contribution in [-0.2, 0) is 10.0 Å². The second-order valence-corrected chi connectivity index (χ2v) is 8.29. The van der Waals surface area contributed by atoms with Crippen molar-refractivity contribution >= 4 is 50.8 Å². The number of non-ortho nitro benzene ring substituents is 1. The fourth-order valence-corrected chi connectivity index (χ4v) is 4.33. The predicted octanol–water partition coefficient (Wildman–Crippen LogP) is 4.38. The first kappa shape index (κ1) is 22.1. The van der Waals surface area contributed by atoms with E-state index in [2.05, 4.69) is 10.5 Å². The molecule has 2 aromatic rings. The van der Waals surface area contributed by atoms with Crippen molar-refractivity contribution in [1.82, 2.24) is 4.31 Å². The van der Waals surface area contributed by atoms with E-state index in [1.165, 1.54) is 22.7 Å². The summed E-state index contributed by atoms with van der Waals surface area (Å²) in [7, 11) is -3.94. The number of hydrogen-bond donors (Lipinski definition) is 1. The Bertz CT molecular complexity index is 1010. The van der Waals surface area contributed by atoms with E-state index >= 15 is 0 Å². The molecule has 0 amide bonds. The number of benzene rings is 2. The van der Waals surface area contributed by atoms with Crippen LogP contribution in [0.25, 0.3) is 0 Å². The lowest BCUT2D eigenvalue weighted by Gasteiger charge is -2.20. The van der Waals surface area contributed by atoms with Gasteiger partial charge in [-0.1, -0.05) is 43.1 Å². The van der Waals surface area contributed by atoms with Gasteiger partial charge in [0.2, 0.25) is 10.0 Å². The number of hydrogen-bond acceptors (Lipinski definition) is 6. The Morgan fingerprint density at radius 3 is 2.39 bits per heavy atom. The summed E-state index contributed by atoms with van der Waals surface area (Å²) in [5.41, 5.74) is 3.06. The number of nitrogens with one attached hydrogen (secondary N) is 1. The van der Waals surface area contributed by atoms with Crippen LogP contribution in [0.4, 0.5) is 11.4 Å². The third-order valence-corrected chi connectivity index (χ3v) is 6.67. The second kappa shape index (κ2) is 9.33. The number of nitro benzene ring substituents is 1. The summed E-state index contributed by atoms with van der Waals surface area (Å²) in [6.07, 6.45) is 1.43. The molecule has 150 valence electrons. The van der Waals surface area contributed by atoms with E-state index < -0.39 is 14.9 Å². The van der Waals surface area contributed by atoms with Gasteiger partial charge in [-0.2, -0.15) is 9.41 Å². The average molecular weight is 445 g/mol. The van der Waals surface area contributed by atoms with Crippen molar-refractivity contribution in [3.05, 3.63) is 62.1 Å². The molecule has 1 N–H and O–H groups in total. The molecule has 0 aliphatic rings. The number of nitrogens with zero attached hydrogens (tertiary/aromatic N) is 3. The average Bonchev–Trinajstić information content (AvgIpc) is 2.65. The molecule has 2 rings (SSSR count). The van der Waals surface area contributed by atoms with Crippen LogP contribution < -0.4 is 5.43 Å². The van der Waals surface area contributed by atoms with Gasteiger partial charge in [-0.25, -0.2) is 8.42 Å². The van der Waals surface area contributed by atoms with Gasteiger partial charge in [0, 0.05) is 25.2 Å². The first-order chi connectivity index (χ1) is 13.2. The van der Waals surface area contributed by atoms with E-state index in [1.807, 2.05) is 0 Å². The van der Waals surface area contributed by atoms with Crippen molar-refractivity contribution in [2.24, 2.45) is 5.10 Å². The zero-order valence-electron chi connectivity index (χ0n) is 15.1. The number of sulfonamides is 1. The normalized spacial score (nSPS) is 11.9. The number of anilines is 1. The third-order valence-electron chi connectivity index (χ3n) is 3.84. The molecule has 8 nitrogen and oxygen atoms in total. The van der Waals surface area contributed by atoms with Gasteiger partial charge in [0.1, 0.15) is 4.90 Å². The summed E-state index contributed by atoms with van der Waals surface area (Å²) in [4.78, 5) is 10.2. The Labute approximate surface area is 173 Å². The molecule has 0 bridgehead atoms. The minimum Gasteiger partial charge on any atom is -0.277 e. The van der Waals surface area contributed by atoms with Crippen LogP contribution in [0.1, 0.15) is 19.4 Å². The van der Waals surface area contributed by atoms with Gasteiger partial charge in [-0.05, 0) is 23.8 Å². The van der Waals surface area contributed by atoms with E-state index in [0.29, 0.717) is 15.6 Å². The van der Waals surface area contributed by atoms with Crippen molar-refractivity contribution in [1.29, 1.82) is 0 Å². The lowest BCUT2D eigenvalue weighted by molar-refractivity contribution is -0.385. The van der Waals surface area contributed by atoms with Crippen LogP contribution in [0.2, 0.25) is 10.0 Å². The van der Waals surface area contributed by atoms with Gasteiger partial charge in [0.15, 0.2) is 0 Å². The topological polar surface area (TPSA) is 105 Å². The molecule has 11 heteroatoms. The van der Waals surface area contributed by atoms with Gasteiger partial charge in [0.25, 0.3) is 5.69 Å². The van der Waals surface area contributed by atoms with Crippen molar-refractivity contribution in [3.8, 4) is 0 Å². The van der Waals surface area contributed by atoms with Crippen LogP contribution in [-0.4, -0.2) is 37.0 Å². The maximum Gasteiger partial charge on any atom is 0.270 e. The van der Waals surface area contributed by atoms with Crippen molar-refractivity contribution in [2.75, 3.05) is 18.5 Å². The van der Waals surface area contributed by atoms with E-state index in [1.54, 1.807) is 32.0 Å². The Kier molecular flexibility index (Phi) is 7.36. The SMILES string of the molecule is CCN(CC)S(=O)(=O)c1cc([N+](=O)[O-])ccc1N/N=C/c1ccc(Cl)c(Cl)c1. The molecule has 0 radical (unpaired) electrons. The number of rotatable bonds is 8. The Hall–Kier alpha value is -2.20. The van der Waals surface area contributed by atoms with Crippen LogP contribution in [0, 0.1) is 10.1 Å². The molecular weight excluding hydrogens is 427 g/mol. The zero-order valence-corrected chi connectivity index (χ0v) is 17.4. The Balaban J connectivity index is 2.41. The summed E-state index contributed by atoms with van der Waals surface area (Å²) >= 11 is 11.8. The van der Waals surface area contributed by atoms with Crippen LogP contribution in [0.3, 0.4) is 0 Å². The molecule has 0 aliphatic carbocycles. The summed E-state index contributed by atoms with van der Waals surface area (Å²) in [6, 6.07) is 8.41. The van der Waals surface area contributed by atoms with Crippen LogP contribution >= 0.6 is 23.2 Å². The lowest BCUT2D eigenvalue weighted by atomic mass is 10.2. The summed E-state index contributed by atoms with van der Waals surface area (Å²) in [5, 5.41) is 15.8. The fourth-order valence-electron chi connectivity index (χ4n) is 2.40. The van der Waals surface area contributed by atoms with Crippen molar-refractivity contribution < 1.29 is 13.3 Å². The predicted molar refractivity (Wildman–Crippen MR) is 111 cm³/mol. The highest BCUT2D eigenvalue weighted by molar-refractivity contribution is 7.89. The number of hydrazone groups is 1. The summed E-state index contributed by atoms with van der Waals surface area (Å²) < 4.78 is 27.0. The van der Waals surface area contributed by atoms with Gasteiger partial charge < -0.3 is 0 Å². The highest BCUT2D eigenvalue weighted by Crippen LogP contribution is 2.29. The van der Waals surface area contributed by atoms with E-state index in [-0.39, 0.29) is 29.4 Å². The lowest BCUT2D eigenvalue weighted by Crippen LogP contribution is -2.31.